The number of carboxylic acid groups (broad SMARTS) is 1. The van der Waals surface area contributed by atoms with Crippen molar-refractivity contribution in [2.75, 3.05) is 11.1 Å². The number of hydrogen-bond acceptors (Lipinski definition) is 5. The van der Waals surface area contributed by atoms with E-state index in [2.05, 4.69) is 15.3 Å². The molecule has 4 N–H and O–H groups in total. The molecule has 23 heavy (non-hydrogen) atoms. The van der Waals surface area contributed by atoms with Crippen molar-refractivity contribution in [3.05, 3.63) is 53.1 Å². The van der Waals surface area contributed by atoms with Crippen molar-refractivity contribution >= 4 is 45.7 Å². The quantitative estimate of drug-likeness (QED) is 0.679. The number of nitrogens with one attached hydrogen (secondary N) is 1. The second-order valence-electron chi connectivity index (χ2n) is 4.73. The van der Waals surface area contributed by atoms with E-state index >= 15 is 0 Å². The summed E-state index contributed by atoms with van der Waals surface area (Å²) in [6, 6.07) is 5.51. The van der Waals surface area contributed by atoms with Gasteiger partial charge >= 0.3 is 5.97 Å². The van der Waals surface area contributed by atoms with Crippen LogP contribution >= 0.6 is 11.6 Å². The molecular formula is C15H10ClFN4O2. The first-order valence-electron chi connectivity index (χ1n) is 6.45. The number of fused-ring (bicyclic) bond motifs is 1. The van der Waals surface area contributed by atoms with Crippen LogP contribution in [-0.4, -0.2) is 21.0 Å². The van der Waals surface area contributed by atoms with E-state index < -0.39 is 11.8 Å². The second kappa shape index (κ2) is 5.69. The van der Waals surface area contributed by atoms with Crippen molar-refractivity contribution in [3.8, 4) is 0 Å². The van der Waals surface area contributed by atoms with Crippen molar-refractivity contribution in [2.24, 2.45) is 0 Å². The zero-order valence-electron chi connectivity index (χ0n) is 11.5. The number of nitrogens with two attached hydrogens (primary N) is 1. The minimum absolute atomic E-state index is 0.0523. The van der Waals surface area contributed by atoms with E-state index in [0.29, 0.717) is 16.6 Å². The third-order valence-corrected chi connectivity index (χ3v) is 3.48. The van der Waals surface area contributed by atoms with Crippen LogP contribution < -0.4 is 11.1 Å². The molecule has 1 aromatic carbocycles. The maximum Gasteiger partial charge on any atom is 0.339 e. The summed E-state index contributed by atoms with van der Waals surface area (Å²) >= 11 is 5.75. The predicted octanol–water partition coefficient (Wildman–Crippen LogP) is 3.45. The van der Waals surface area contributed by atoms with E-state index in [1.54, 1.807) is 0 Å². The number of nitrogens with zero attached hydrogens (tertiary/aromatic N) is 2. The Balaban J connectivity index is 2.20. The fraction of sp³-hybridized carbons (Fsp3) is 0. The highest BCUT2D eigenvalue weighted by atomic mass is 35.5. The molecule has 2 heterocycles. The Morgan fingerprint density at radius 1 is 1.26 bits per heavy atom. The van der Waals surface area contributed by atoms with Gasteiger partial charge in [0, 0.05) is 17.3 Å². The molecule has 116 valence electrons. The van der Waals surface area contributed by atoms with Crippen LogP contribution in [0.15, 0.2) is 36.7 Å². The third-order valence-electron chi connectivity index (χ3n) is 3.19. The summed E-state index contributed by atoms with van der Waals surface area (Å²) in [7, 11) is 0. The number of carboxylic acids is 1. The zero-order chi connectivity index (χ0) is 16.6. The van der Waals surface area contributed by atoms with Gasteiger partial charge in [0.15, 0.2) is 0 Å². The van der Waals surface area contributed by atoms with Gasteiger partial charge in [0.1, 0.15) is 17.2 Å². The molecule has 0 saturated carbocycles. The van der Waals surface area contributed by atoms with E-state index in [0.717, 1.165) is 0 Å². The highest BCUT2D eigenvalue weighted by molar-refractivity contribution is 6.31. The number of benzene rings is 1. The van der Waals surface area contributed by atoms with Gasteiger partial charge in [-0.2, -0.15) is 0 Å². The Bertz CT molecular complexity index is 933. The van der Waals surface area contributed by atoms with E-state index in [1.165, 1.54) is 36.7 Å². The van der Waals surface area contributed by atoms with Crippen molar-refractivity contribution in [1.29, 1.82) is 0 Å². The summed E-state index contributed by atoms with van der Waals surface area (Å²) < 4.78 is 13.3. The molecule has 0 aliphatic rings. The van der Waals surface area contributed by atoms with Crippen LogP contribution in [0.1, 0.15) is 10.4 Å². The lowest BCUT2D eigenvalue weighted by molar-refractivity contribution is 0.0697. The van der Waals surface area contributed by atoms with Crippen LogP contribution in [0, 0.1) is 5.82 Å². The van der Waals surface area contributed by atoms with E-state index in [9.17, 15) is 14.3 Å². The smallest absolute Gasteiger partial charge is 0.339 e. The molecule has 0 bridgehead atoms. The molecule has 0 fully saturated rings. The number of rotatable bonds is 3. The number of carbonyl (C=O) groups is 1. The molecule has 0 atom stereocenters. The van der Waals surface area contributed by atoms with Crippen LogP contribution in [0.4, 0.5) is 21.6 Å². The Morgan fingerprint density at radius 2 is 2.04 bits per heavy atom. The molecular weight excluding hydrogens is 323 g/mol. The fourth-order valence-electron chi connectivity index (χ4n) is 2.13. The lowest BCUT2D eigenvalue weighted by atomic mass is 10.1. The van der Waals surface area contributed by atoms with Crippen LogP contribution in [0.2, 0.25) is 5.02 Å². The molecule has 3 aromatic rings. The first kappa shape index (κ1) is 15.0. The molecule has 2 aromatic heterocycles. The van der Waals surface area contributed by atoms with Crippen LogP contribution in [0.25, 0.3) is 10.9 Å². The van der Waals surface area contributed by atoms with Gasteiger partial charge in [0.05, 0.1) is 22.4 Å². The normalized spacial score (nSPS) is 10.7. The predicted molar refractivity (Wildman–Crippen MR) is 85.6 cm³/mol. The van der Waals surface area contributed by atoms with Gasteiger partial charge in [-0.15, -0.1) is 0 Å². The van der Waals surface area contributed by atoms with Crippen molar-refractivity contribution < 1.29 is 14.3 Å². The summed E-state index contributed by atoms with van der Waals surface area (Å²) in [6.45, 7) is 0. The number of halogens is 2. The van der Waals surface area contributed by atoms with Gasteiger partial charge in [-0.25, -0.2) is 14.2 Å². The number of nitrogen functional groups attached to an aromatic ring is 1. The van der Waals surface area contributed by atoms with Gasteiger partial charge in [-0.3, -0.25) is 4.98 Å². The highest BCUT2D eigenvalue weighted by Crippen LogP contribution is 2.31. The van der Waals surface area contributed by atoms with Crippen molar-refractivity contribution in [3.63, 3.8) is 0 Å². The minimum Gasteiger partial charge on any atom is -0.478 e. The lowest BCUT2D eigenvalue weighted by Gasteiger charge is -2.13. The van der Waals surface area contributed by atoms with Gasteiger partial charge < -0.3 is 16.2 Å². The average Bonchev–Trinajstić information content (AvgIpc) is 2.51. The fourth-order valence-corrected chi connectivity index (χ4v) is 2.31. The van der Waals surface area contributed by atoms with Gasteiger partial charge in [0.25, 0.3) is 0 Å². The number of hydrogen-bond donors (Lipinski definition) is 3. The number of aromatic nitrogens is 2. The molecule has 0 unspecified atom stereocenters. The minimum atomic E-state index is -1.16. The molecule has 0 aliphatic heterocycles. The molecule has 3 rings (SSSR count). The number of pyridine rings is 2. The Kier molecular flexibility index (Phi) is 3.71. The van der Waals surface area contributed by atoms with Crippen LogP contribution in [0.3, 0.4) is 0 Å². The summed E-state index contributed by atoms with van der Waals surface area (Å²) in [6.07, 6.45) is 2.66. The first-order chi connectivity index (χ1) is 11.0. The Labute approximate surface area is 134 Å². The van der Waals surface area contributed by atoms with Gasteiger partial charge in [0.2, 0.25) is 0 Å². The number of anilines is 3. The van der Waals surface area contributed by atoms with E-state index in [-0.39, 0.29) is 22.1 Å². The highest BCUT2D eigenvalue weighted by Gasteiger charge is 2.16. The Morgan fingerprint density at radius 3 is 2.74 bits per heavy atom. The van der Waals surface area contributed by atoms with E-state index in [4.69, 9.17) is 17.3 Å². The number of aromatic carboxylic acids is 1. The van der Waals surface area contributed by atoms with Crippen molar-refractivity contribution in [1.82, 2.24) is 9.97 Å². The van der Waals surface area contributed by atoms with Crippen molar-refractivity contribution in [2.45, 2.75) is 0 Å². The summed E-state index contributed by atoms with van der Waals surface area (Å²) in [4.78, 5) is 19.4. The van der Waals surface area contributed by atoms with Crippen LogP contribution in [0.5, 0.6) is 0 Å². The Hall–Kier alpha value is -2.93. The van der Waals surface area contributed by atoms with Gasteiger partial charge in [-0.05, 0) is 24.3 Å². The van der Waals surface area contributed by atoms with Crippen LogP contribution in [-0.2, 0) is 0 Å². The molecule has 0 amide bonds. The molecule has 8 heteroatoms. The monoisotopic (exact) mass is 332 g/mol. The standard InChI is InChI=1S/C15H10ClFN4O2/c16-10-3-7(1-2-11(10)17)21-14-8-4-13(18)20-6-12(8)19-5-9(14)15(22)23/h1-6H,(H2,18,20)(H,19,21)(H,22,23). The molecule has 6 nitrogen and oxygen atoms in total. The van der Waals surface area contributed by atoms with E-state index in [1.807, 2.05) is 0 Å². The topological polar surface area (TPSA) is 101 Å². The lowest BCUT2D eigenvalue weighted by Crippen LogP contribution is -2.05. The van der Waals surface area contributed by atoms with Gasteiger partial charge in [-0.1, -0.05) is 11.6 Å². The molecule has 0 aliphatic carbocycles. The molecule has 0 saturated heterocycles. The maximum absolute atomic E-state index is 13.3. The first-order valence-corrected chi connectivity index (χ1v) is 6.83. The summed E-state index contributed by atoms with van der Waals surface area (Å²) in [5.41, 5.74) is 6.80. The molecule has 0 radical (unpaired) electrons. The molecule has 0 spiro atoms. The third kappa shape index (κ3) is 2.86. The maximum atomic E-state index is 13.3. The largest absolute Gasteiger partial charge is 0.478 e. The summed E-state index contributed by atoms with van der Waals surface area (Å²) in [5.74, 6) is -1.50. The second-order valence-corrected chi connectivity index (χ2v) is 5.14. The SMILES string of the molecule is Nc1cc2c(Nc3ccc(F)c(Cl)c3)c(C(=O)O)cnc2cn1. The zero-order valence-corrected chi connectivity index (χ0v) is 12.3. The summed E-state index contributed by atoms with van der Waals surface area (Å²) in [5, 5.41) is 12.7. The average molecular weight is 333 g/mol.